The van der Waals surface area contributed by atoms with Crippen molar-refractivity contribution >= 4 is 16.2 Å². The average Bonchev–Trinajstić information content (AvgIpc) is 2.17. The first-order valence-corrected chi connectivity index (χ1v) is 6.80. The van der Waals surface area contributed by atoms with Crippen molar-refractivity contribution in [1.82, 2.24) is 5.32 Å². The molecule has 1 heterocycles. The van der Waals surface area contributed by atoms with Crippen molar-refractivity contribution in [2.75, 3.05) is 18.1 Å². The Morgan fingerprint density at radius 2 is 2.20 bits per heavy atom. The number of hydrogen-bond acceptors (Lipinski definition) is 3. The van der Waals surface area contributed by atoms with Gasteiger partial charge in [-0.1, -0.05) is 10.1 Å². The van der Waals surface area contributed by atoms with Crippen LogP contribution in [0, 0.1) is 17.4 Å². The molecular weight excluding hydrogens is 218 g/mol. The standard InChI is InChI=1S/C8H15N3O3S/c9-6-11-15(14)3-1-7(2-4-15)5-10-8(12)13/h7,10,15H,1-5H2,(H,11,14)(H,12,13). The van der Waals surface area contributed by atoms with Gasteiger partial charge in [-0.25, -0.2) is 4.79 Å². The maximum absolute atomic E-state index is 10.3. The Balaban J connectivity index is 2.40. The molecule has 7 heteroatoms. The topological polar surface area (TPSA) is 106 Å². The van der Waals surface area contributed by atoms with E-state index in [2.05, 4.69) is 9.68 Å². The largest absolute Gasteiger partial charge is 0.465 e. The summed E-state index contributed by atoms with van der Waals surface area (Å²) in [7, 11) is -2.36. The van der Waals surface area contributed by atoms with Gasteiger partial charge in [0.05, 0.1) is 0 Å². The minimum absolute atomic E-state index is 0.260. The monoisotopic (exact) mass is 233 g/mol. The van der Waals surface area contributed by atoms with Crippen molar-refractivity contribution in [3.05, 3.63) is 0 Å². The van der Waals surface area contributed by atoms with Gasteiger partial charge in [0.2, 0.25) is 6.19 Å². The molecule has 1 saturated heterocycles. The number of nitriles is 1. The lowest BCUT2D eigenvalue weighted by molar-refractivity contribution is 0.192. The SMILES string of the molecule is N#CN=[SH]1(O)CCC(CNC(=O)O)CC1. The summed E-state index contributed by atoms with van der Waals surface area (Å²) in [6.45, 7) is 0.419. The zero-order valence-corrected chi connectivity index (χ0v) is 9.15. The van der Waals surface area contributed by atoms with Gasteiger partial charge in [0.15, 0.2) is 0 Å². The van der Waals surface area contributed by atoms with Crippen molar-refractivity contribution in [2.45, 2.75) is 12.8 Å². The van der Waals surface area contributed by atoms with Crippen LogP contribution in [0.15, 0.2) is 4.36 Å². The fourth-order valence-corrected chi connectivity index (χ4v) is 3.80. The third-order valence-corrected chi connectivity index (χ3v) is 4.97. The molecule has 0 aromatic rings. The molecule has 0 aromatic heterocycles. The van der Waals surface area contributed by atoms with Crippen LogP contribution in [0.25, 0.3) is 0 Å². The predicted molar refractivity (Wildman–Crippen MR) is 57.9 cm³/mol. The van der Waals surface area contributed by atoms with Crippen LogP contribution >= 0.6 is 0 Å². The van der Waals surface area contributed by atoms with Gasteiger partial charge >= 0.3 is 6.09 Å². The van der Waals surface area contributed by atoms with Crippen LogP contribution < -0.4 is 5.32 Å². The smallest absolute Gasteiger partial charge is 0.404 e. The number of carbonyl (C=O) groups is 1. The molecule has 0 saturated carbocycles. The molecule has 1 aliphatic rings. The molecule has 1 aliphatic heterocycles. The second kappa shape index (κ2) is 5.09. The average molecular weight is 233 g/mol. The first-order chi connectivity index (χ1) is 7.06. The number of carboxylic acid groups (broad SMARTS) is 1. The van der Waals surface area contributed by atoms with Gasteiger partial charge in [0, 0.05) is 18.1 Å². The third-order valence-electron chi connectivity index (χ3n) is 2.56. The van der Waals surface area contributed by atoms with Crippen LogP contribution in [0.2, 0.25) is 0 Å². The van der Waals surface area contributed by atoms with E-state index in [0.717, 1.165) is 12.8 Å². The molecule has 0 radical (unpaired) electrons. The second-order valence-electron chi connectivity index (χ2n) is 3.66. The van der Waals surface area contributed by atoms with Crippen LogP contribution in [-0.4, -0.2) is 33.8 Å². The quantitative estimate of drug-likeness (QED) is 0.416. The van der Waals surface area contributed by atoms with Crippen LogP contribution in [0.1, 0.15) is 12.8 Å². The van der Waals surface area contributed by atoms with E-state index >= 15 is 0 Å². The maximum atomic E-state index is 10.3. The lowest BCUT2D eigenvalue weighted by atomic mass is 10.0. The Morgan fingerprint density at radius 3 is 2.67 bits per heavy atom. The summed E-state index contributed by atoms with van der Waals surface area (Å²) in [4.78, 5) is 10.3. The summed E-state index contributed by atoms with van der Waals surface area (Å²) >= 11 is 0. The van der Waals surface area contributed by atoms with Gasteiger partial charge in [0.1, 0.15) is 0 Å². The highest BCUT2D eigenvalue weighted by Crippen LogP contribution is 2.23. The molecule has 0 aromatic carbocycles. The van der Waals surface area contributed by atoms with Crippen molar-refractivity contribution in [3.8, 4) is 6.19 Å². The molecule has 0 atom stereocenters. The van der Waals surface area contributed by atoms with Gasteiger partial charge in [-0.15, -0.1) is 4.36 Å². The molecule has 3 N–H and O–H groups in total. The van der Waals surface area contributed by atoms with Gasteiger partial charge < -0.3 is 15.0 Å². The van der Waals surface area contributed by atoms with Gasteiger partial charge in [-0.2, -0.15) is 5.26 Å². The molecule has 1 rings (SSSR count). The van der Waals surface area contributed by atoms with Crippen molar-refractivity contribution in [1.29, 1.82) is 5.26 Å². The normalized spacial score (nSPS) is 26.0. The van der Waals surface area contributed by atoms with Crippen LogP contribution in [0.5, 0.6) is 0 Å². The third kappa shape index (κ3) is 3.85. The van der Waals surface area contributed by atoms with E-state index in [9.17, 15) is 9.35 Å². The Labute approximate surface area is 89.2 Å². The summed E-state index contributed by atoms with van der Waals surface area (Å²) in [6, 6.07) is 0. The predicted octanol–water partition coefficient (Wildman–Crippen LogP) is 0.688. The summed E-state index contributed by atoms with van der Waals surface area (Å²) in [6.07, 6.45) is 2.10. The van der Waals surface area contributed by atoms with Gasteiger partial charge in [-0.05, 0) is 18.8 Å². The van der Waals surface area contributed by atoms with E-state index in [1.54, 1.807) is 6.19 Å². The van der Waals surface area contributed by atoms with Crippen LogP contribution in [0.4, 0.5) is 4.79 Å². The fourth-order valence-electron chi connectivity index (χ4n) is 1.65. The van der Waals surface area contributed by atoms with Crippen molar-refractivity contribution < 1.29 is 14.5 Å². The lowest BCUT2D eigenvalue weighted by Gasteiger charge is -2.31. The van der Waals surface area contributed by atoms with Crippen LogP contribution in [0.3, 0.4) is 0 Å². The molecule has 1 fully saturated rings. The second-order valence-corrected chi connectivity index (χ2v) is 6.51. The van der Waals surface area contributed by atoms with E-state index < -0.39 is 16.2 Å². The Morgan fingerprint density at radius 1 is 1.60 bits per heavy atom. The highest BCUT2D eigenvalue weighted by atomic mass is 32.3. The highest BCUT2D eigenvalue weighted by molar-refractivity contribution is 8.00. The Hall–Kier alpha value is -1.13. The van der Waals surface area contributed by atoms with E-state index in [1.165, 1.54) is 0 Å². The minimum atomic E-state index is -2.36. The minimum Gasteiger partial charge on any atom is -0.465 e. The van der Waals surface area contributed by atoms with E-state index in [1.807, 2.05) is 0 Å². The fraction of sp³-hybridized carbons (Fsp3) is 0.750. The van der Waals surface area contributed by atoms with Crippen molar-refractivity contribution in [2.24, 2.45) is 10.3 Å². The highest BCUT2D eigenvalue weighted by Gasteiger charge is 2.22. The van der Waals surface area contributed by atoms with Crippen LogP contribution in [-0.2, 0) is 10.1 Å². The molecule has 0 aliphatic carbocycles. The summed E-state index contributed by atoms with van der Waals surface area (Å²) in [5.41, 5.74) is 0. The number of nitrogens with one attached hydrogen (secondary N) is 1. The van der Waals surface area contributed by atoms with E-state index in [-0.39, 0.29) is 5.92 Å². The summed E-state index contributed by atoms with van der Waals surface area (Å²) < 4.78 is 13.4. The number of thiol groups is 1. The van der Waals surface area contributed by atoms with Crippen molar-refractivity contribution in [3.63, 3.8) is 0 Å². The molecule has 0 bridgehead atoms. The Bertz CT molecular complexity index is 325. The molecule has 86 valence electrons. The zero-order chi connectivity index (χ0) is 11.3. The van der Waals surface area contributed by atoms with E-state index in [4.69, 9.17) is 10.4 Å². The summed E-state index contributed by atoms with van der Waals surface area (Å²) in [5.74, 6) is 1.33. The Kier molecular flexibility index (Phi) is 4.05. The maximum Gasteiger partial charge on any atom is 0.404 e. The molecular formula is C8H15N3O3S. The number of hydrogen-bond donors (Lipinski definition) is 4. The molecule has 1 amide bonds. The first-order valence-electron chi connectivity index (χ1n) is 4.74. The van der Waals surface area contributed by atoms with E-state index in [0.29, 0.717) is 18.1 Å². The number of rotatable bonds is 2. The van der Waals surface area contributed by atoms with Gasteiger partial charge in [0.25, 0.3) is 0 Å². The number of nitrogens with zero attached hydrogens (tertiary/aromatic N) is 2. The zero-order valence-electron chi connectivity index (χ0n) is 8.26. The van der Waals surface area contributed by atoms with Gasteiger partial charge in [-0.3, -0.25) is 0 Å². The first kappa shape index (κ1) is 11.9. The summed E-state index contributed by atoms with van der Waals surface area (Å²) in [5, 5.41) is 19.1. The number of amides is 1. The molecule has 0 unspecified atom stereocenters. The molecule has 6 nitrogen and oxygen atoms in total. The molecule has 15 heavy (non-hydrogen) atoms. The molecule has 0 spiro atoms. The lowest BCUT2D eigenvalue weighted by Crippen LogP contribution is -2.35.